The first kappa shape index (κ1) is 21.5. The van der Waals surface area contributed by atoms with Crippen LogP contribution in [0.5, 0.6) is 0 Å². The van der Waals surface area contributed by atoms with Crippen molar-refractivity contribution in [1.29, 1.82) is 0 Å². The molecule has 0 atom stereocenters. The van der Waals surface area contributed by atoms with Crippen molar-refractivity contribution in [3.05, 3.63) is 102 Å². The lowest BCUT2D eigenvalue weighted by atomic mass is 10.1. The highest BCUT2D eigenvalue weighted by Gasteiger charge is 2.03. The maximum absolute atomic E-state index is 4.49. The van der Waals surface area contributed by atoms with Gasteiger partial charge in [-0.05, 0) is 65.6 Å². The van der Waals surface area contributed by atoms with Crippen LogP contribution < -0.4 is 10.6 Å². The fourth-order valence-corrected chi connectivity index (χ4v) is 4.17. The Kier molecular flexibility index (Phi) is 7.67. The summed E-state index contributed by atoms with van der Waals surface area (Å²) in [6.07, 6.45) is 9.97. The molecule has 0 saturated carbocycles. The zero-order valence-electron chi connectivity index (χ0n) is 16.7. The van der Waals surface area contributed by atoms with E-state index in [1.54, 1.807) is 15.1 Å². The van der Waals surface area contributed by atoms with Gasteiger partial charge in [0.2, 0.25) is 0 Å². The van der Waals surface area contributed by atoms with Crippen LogP contribution in [-0.4, -0.2) is 19.9 Å². The van der Waals surface area contributed by atoms with Crippen molar-refractivity contribution in [3.8, 4) is 0 Å². The quantitative estimate of drug-likeness (QED) is 0.271. The molecule has 0 saturated heterocycles. The van der Waals surface area contributed by atoms with Crippen LogP contribution in [0.3, 0.4) is 0 Å². The number of hydrogen-bond acceptors (Lipinski definition) is 7. The smallest absolute Gasteiger partial charge is 0.127 e. The summed E-state index contributed by atoms with van der Waals surface area (Å²) in [4.78, 5) is 18.6. The number of aromatic nitrogens is 4. The van der Waals surface area contributed by atoms with Gasteiger partial charge in [0.15, 0.2) is 0 Å². The summed E-state index contributed by atoms with van der Waals surface area (Å²) in [6, 6.07) is 16.3. The van der Waals surface area contributed by atoms with Crippen LogP contribution >= 0.6 is 30.1 Å². The number of halogens is 1. The van der Waals surface area contributed by atoms with Crippen molar-refractivity contribution in [3.63, 3.8) is 0 Å². The first-order valence-electron chi connectivity index (χ1n) is 9.78. The summed E-state index contributed by atoms with van der Waals surface area (Å²) >= 11 is 2.27. The largest absolute Gasteiger partial charge is 0.366 e. The van der Waals surface area contributed by atoms with Crippen LogP contribution in [-0.2, 0) is 19.5 Å². The molecule has 8 heteroatoms. The fraction of sp³-hybridized carbons (Fsp3) is 0.130. The molecule has 0 amide bonds. The normalized spacial score (nSPS) is 10.6. The molecule has 0 aliphatic heterocycles. The minimum absolute atomic E-state index is 0.629. The molecule has 0 aliphatic carbocycles. The molecule has 0 radical (unpaired) electrons. The minimum atomic E-state index is 0.629. The Hall–Kier alpha value is -2.72. The molecule has 6 nitrogen and oxygen atoms in total. The minimum Gasteiger partial charge on any atom is -0.366 e. The second-order valence-corrected chi connectivity index (χ2v) is 8.85. The summed E-state index contributed by atoms with van der Waals surface area (Å²) in [6.45, 7) is 1.32. The summed E-state index contributed by atoms with van der Waals surface area (Å²) in [5.41, 5.74) is 4.51. The molecule has 0 bridgehead atoms. The number of nitrogens with zero attached hydrogens (tertiary/aromatic N) is 4. The van der Waals surface area contributed by atoms with Crippen LogP contribution in [0, 0.1) is 0 Å². The molecule has 31 heavy (non-hydrogen) atoms. The van der Waals surface area contributed by atoms with E-state index in [2.05, 4.69) is 70.0 Å². The zero-order valence-corrected chi connectivity index (χ0v) is 19.7. The Balaban J connectivity index is 1.37. The second kappa shape index (κ2) is 11.1. The van der Waals surface area contributed by atoms with Crippen LogP contribution in [0.4, 0.5) is 11.6 Å². The Morgan fingerprint density at radius 3 is 2.29 bits per heavy atom. The monoisotopic (exact) mass is 540 g/mol. The van der Waals surface area contributed by atoms with Gasteiger partial charge in [-0.1, -0.05) is 15.0 Å². The average Bonchev–Trinajstić information content (AvgIpc) is 2.83. The van der Waals surface area contributed by atoms with Crippen LogP contribution in [0.2, 0.25) is 0 Å². The van der Waals surface area contributed by atoms with Crippen molar-refractivity contribution in [2.45, 2.75) is 24.4 Å². The summed E-state index contributed by atoms with van der Waals surface area (Å²) in [5, 5.41) is 6.72. The average molecular weight is 540 g/mol. The van der Waals surface area contributed by atoms with Gasteiger partial charge >= 0.3 is 0 Å². The molecule has 4 aromatic rings. The Bertz CT molecular complexity index is 1130. The van der Waals surface area contributed by atoms with Gasteiger partial charge in [-0.25, -0.2) is 9.97 Å². The first-order chi connectivity index (χ1) is 15.3. The third-order valence-electron chi connectivity index (χ3n) is 4.58. The van der Waals surface area contributed by atoms with E-state index in [-0.39, 0.29) is 0 Å². The van der Waals surface area contributed by atoms with Crippen molar-refractivity contribution in [1.82, 2.24) is 19.9 Å². The predicted octanol–water partition coefficient (Wildman–Crippen LogP) is 5.52. The van der Waals surface area contributed by atoms with E-state index >= 15 is 0 Å². The number of anilines is 2. The van der Waals surface area contributed by atoms with Crippen molar-refractivity contribution < 1.29 is 0 Å². The van der Waals surface area contributed by atoms with Gasteiger partial charge in [0, 0.05) is 63.6 Å². The SMILES string of the molecule is ISc1ccnc(NCc2cc(Cc3ccnc(NCc4cccnc4)c3)ccn2)c1. The first-order valence-corrected chi connectivity index (χ1v) is 13.1. The molecule has 0 spiro atoms. The van der Waals surface area contributed by atoms with E-state index in [0.29, 0.717) is 13.1 Å². The summed E-state index contributed by atoms with van der Waals surface area (Å²) < 4.78 is 0. The van der Waals surface area contributed by atoms with Crippen molar-refractivity contribution in [2.75, 3.05) is 10.6 Å². The third kappa shape index (κ3) is 6.63. The highest BCUT2D eigenvalue weighted by Crippen LogP contribution is 2.26. The van der Waals surface area contributed by atoms with E-state index in [1.807, 2.05) is 55.1 Å². The van der Waals surface area contributed by atoms with Gasteiger partial charge in [0.05, 0.1) is 12.2 Å². The fourth-order valence-electron chi connectivity index (χ4n) is 3.08. The van der Waals surface area contributed by atoms with Gasteiger partial charge in [0.25, 0.3) is 0 Å². The topological polar surface area (TPSA) is 75.6 Å². The predicted molar refractivity (Wildman–Crippen MR) is 134 cm³/mol. The second-order valence-electron chi connectivity index (χ2n) is 6.90. The molecule has 0 unspecified atom stereocenters. The van der Waals surface area contributed by atoms with Gasteiger partial charge < -0.3 is 10.6 Å². The lowest BCUT2D eigenvalue weighted by Crippen LogP contribution is -2.04. The van der Waals surface area contributed by atoms with E-state index in [4.69, 9.17) is 0 Å². The lowest BCUT2D eigenvalue weighted by molar-refractivity contribution is 1.01. The van der Waals surface area contributed by atoms with Crippen molar-refractivity contribution in [2.24, 2.45) is 0 Å². The van der Waals surface area contributed by atoms with Crippen LogP contribution in [0.1, 0.15) is 22.4 Å². The summed E-state index contributed by atoms with van der Waals surface area (Å²) in [7, 11) is 1.67. The lowest BCUT2D eigenvalue weighted by Gasteiger charge is -2.09. The number of pyridine rings is 4. The van der Waals surface area contributed by atoms with E-state index < -0.39 is 0 Å². The maximum atomic E-state index is 4.49. The molecule has 4 heterocycles. The molecule has 4 rings (SSSR count). The molecule has 4 aromatic heterocycles. The van der Waals surface area contributed by atoms with E-state index in [0.717, 1.165) is 29.3 Å². The molecular formula is C23H21IN6S. The van der Waals surface area contributed by atoms with Crippen LogP contribution in [0.15, 0.2) is 84.4 Å². The number of nitrogens with one attached hydrogen (secondary N) is 2. The van der Waals surface area contributed by atoms with E-state index in [9.17, 15) is 0 Å². The van der Waals surface area contributed by atoms with E-state index in [1.165, 1.54) is 16.0 Å². The third-order valence-corrected chi connectivity index (χ3v) is 6.54. The molecular weight excluding hydrogens is 519 g/mol. The van der Waals surface area contributed by atoms with Gasteiger partial charge in [-0.2, -0.15) is 0 Å². The van der Waals surface area contributed by atoms with Crippen LogP contribution in [0.25, 0.3) is 0 Å². The highest BCUT2D eigenvalue weighted by molar-refractivity contribution is 14.2. The molecule has 2 N–H and O–H groups in total. The van der Waals surface area contributed by atoms with Gasteiger partial charge in [-0.15, -0.1) is 0 Å². The molecule has 156 valence electrons. The highest BCUT2D eigenvalue weighted by atomic mass is 127. The Morgan fingerprint density at radius 2 is 1.48 bits per heavy atom. The zero-order chi connectivity index (χ0) is 21.3. The van der Waals surface area contributed by atoms with Gasteiger partial charge in [0.1, 0.15) is 11.6 Å². The molecule has 0 aliphatic rings. The number of rotatable bonds is 9. The Labute approximate surface area is 198 Å². The summed E-state index contributed by atoms with van der Waals surface area (Å²) in [5.74, 6) is 1.71. The molecule has 0 fully saturated rings. The van der Waals surface area contributed by atoms with Gasteiger partial charge in [-0.3, -0.25) is 9.97 Å². The van der Waals surface area contributed by atoms with Crippen molar-refractivity contribution >= 4 is 41.8 Å². The standard InChI is InChI=1S/C23H21IN6S/c24-31-21-5-9-28-23(13-21)30-16-20-11-17(3-7-26-20)10-18-4-8-27-22(12-18)29-15-19-2-1-6-25-14-19/h1-9,11-14H,10,15-16H2,(H,27,29)(H,28,30). The molecule has 0 aromatic carbocycles. The number of hydrogen-bond donors (Lipinski definition) is 2. The Morgan fingerprint density at radius 1 is 0.742 bits per heavy atom. The maximum Gasteiger partial charge on any atom is 0.127 e.